The van der Waals surface area contributed by atoms with Crippen LogP contribution in [0.4, 0.5) is 23.1 Å². The standard InChI is InChI=1S/C22H21N5O4/c1-12-7-9-13(10-8-12)23-22-26-19-18(21(30)27-22)14(11-17(28)25-19)20(29)24-15-5-3-4-6-16(15)31-2/h3-10,14H,11H2,1-2H3,(H,24,29)(H3,23,25,26,27,28,30). The molecule has 1 unspecified atom stereocenters. The lowest BCUT2D eigenvalue weighted by atomic mass is 9.92. The van der Waals surface area contributed by atoms with Crippen LogP contribution in [0.25, 0.3) is 0 Å². The van der Waals surface area contributed by atoms with Crippen LogP contribution in [0.15, 0.2) is 53.3 Å². The van der Waals surface area contributed by atoms with E-state index < -0.39 is 23.3 Å². The van der Waals surface area contributed by atoms with E-state index in [0.29, 0.717) is 11.4 Å². The second kappa shape index (κ2) is 8.31. The van der Waals surface area contributed by atoms with Crippen molar-refractivity contribution in [2.45, 2.75) is 19.3 Å². The molecule has 0 radical (unpaired) electrons. The molecule has 3 aromatic rings. The number of H-pyrrole nitrogens is 1. The number of fused-ring (bicyclic) bond motifs is 1. The summed E-state index contributed by atoms with van der Waals surface area (Å²) in [6.07, 6.45) is -0.163. The number of aryl methyl sites for hydroxylation is 1. The van der Waals surface area contributed by atoms with Gasteiger partial charge in [0, 0.05) is 12.1 Å². The van der Waals surface area contributed by atoms with E-state index in [1.807, 2.05) is 31.2 Å². The van der Waals surface area contributed by atoms with Gasteiger partial charge in [-0.3, -0.25) is 19.4 Å². The van der Waals surface area contributed by atoms with E-state index >= 15 is 0 Å². The fraction of sp³-hybridized carbons (Fsp3) is 0.182. The fourth-order valence-corrected chi connectivity index (χ4v) is 3.40. The number of nitrogens with one attached hydrogen (secondary N) is 4. The van der Waals surface area contributed by atoms with E-state index in [0.717, 1.165) is 11.3 Å². The van der Waals surface area contributed by atoms with Gasteiger partial charge < -0.3 is 20.7 Å². The summed E-state index contributed by atoms with van der Waals surface area (Å²) in [5, 5.41) is 8.33. The average Bonchev–Trinajstić information content (AvgIpc) is 2.75. The number of anilines is 4. The van der Waals surface area contributed by atoms with Gasteiger partial charge in [0.05, 0.1) is 24.3 Å². The van der Waals surface area contributed by atoms with Gasteiger partial charge in [-0.25, -0.2) is 0 Å². The highest BCUT2D eigenvalue weighted by molar-refractivity contribution is 6.05. The predicted molar refractivity (Wildman–Crippen MR) is 117 cm³/mol. The van der Waals surface area contributed by atoms with Crippen molar-refractivity contribution in [2.24, 2.45) is 0 Å². The highest BCUT2D eigenvalue weighted by atomic mass is 16.5. The molecular weight excluding hydrogens is 398 g/mol. The number of hydrogen-bond acceptors (Lipinski definition) is 6. The Morgan fingerprint density at radius 2 is 1.87 bits per heavy atom. The SMILES string of the molecule is COc1ccccc1NC(=O)C1CC(=O)Nc2nc(Nc3ccc(C)cc3)[nH]c(=O)c21. The maximum atomic E-state index is 13.0. The van der Waals surface area contributed by atoms with Gasteiger partial charge in [0.25, 0.3) is 5.56 Å². The van der Waals surface area contributed by atoms with Crippen molar-refractivity contribution < 1.29 is 14.3 Å². The third-order valence-corrected chi connectivity index (χ3v) is 4.95. The average molecular weight is 419 g/mol. The monoisotopic (exact) mass is 419 g/mol. The molecule has 0 bridgehead atoms. The van der Waals surface area contributed by atoms with Crippen molar-refractivity contribution in [1.82, 2.24) is 9.97 Å². The van der Waals surface area contributed by atoms with Crippen molar-refractivity contribution in [3.63, 3.8) is 0 Å². The largest absolute Gasteiger partial charge is 0.495 e. The third kappa shape index (κ3) is 4.25. The molecule has 1 aliphatic heterocycles. The zero-order valence-electron chi connectivity index (χ0n) is 17.0. The molecule has 9 nitrogen and oxygen atoms in total. The van der Waals surface area contributed by atoms with E-state index in [9.17, 15) is 14.4 Å². The lowest BCUT2D eigenvalue weighted by Gasteiger charge is -2.24. The molecule has 0 aliphatic carbocycles. The van der Waals surface area contributed by atoms with E-state index in [1.54, 1.807) is 24.3 Å². The molecule has 1 aliphatic rings. The second-order valence-corrected chi connectivity index (χ2v) is 7.16. The summed E-state index contributed by atoms with van der Waals surface area (Å²) in [7, 11) is 1.49. The van der Waals surface area contributed by atoms with Crippen LogP contribution in [0.2, 0.25) is 0 Å². The Morgan fingerprint density at radius 1 is 1.13 bits per heavy atom. The van der Waals surface area contributed by atoms with Crippen molar-refractivity contribution in [3.05, 3.63) is 70.0 Å². The first-order valence-electron chi connectivity index (χ1n) is 9.66. The molecule has 4 N–H and O–H groups in total. The maximum absolute atomic E-state index is 13.0. The molecule has 9 heteroatoms. The minimum Gasteiger partial charge on any atom is -0.495 e. The van der Waals surface area contributed by atoms with E-state index in [-0.39, 0.29) is 23.8 Å². The van der Waals surface area contributed by atoms with Crippen LogP contribution in [0, 0.1) is 6.92 Å². The number of aromatic amines is 1. The van der Waals surface area contributed by atoms with Crippen molar-refractivity contribution >= 4 is 35.0 Å². The number of ether oxygens (including phenoxy) is 1. The van der Waals surface area contributed by atoms with Crippen LogP contribution in [0.3, 0.4) is 0 Å². The Kier molecular flexibility index (Phi) is 5.40. The molecule has 2 aromatic carbocycles. The second-order valence-electron chi connectivity index (χ2n) is 7.16. The number of carbonyl (C=O) groups excluding carboxylic acids is 2. The predicted octanol–water partition coefficient (Wildman–Crippen LogP) is 2.90. The maximum Gasteiger partial charge on any atom is 0.258 e. The topological polar surface area (TPSA) is 125 Å². The smallest absolute Gasteiger partial charge is 0.258 e. The molecule has 1 atom stereocenters. The first kappa shape index (κ1) is 20.1. The van der Waals surface area contributed by atoms with Gasteiger partial charge in [0.15, 0.2) is 0 Å². The highest BCUT2D eigenvalue weighted by Crippen LogP contribution is 2.31. The first-order valence-corrected chi connectivity index (χ1v) is 9.66. The normalized spacial score (nSPS) is 14.9. The van der Waals surface area contributed by atoms with Crippen LogP contribution in [-0.2, 0) is 9.59 Å². The number of aromatic nitrogens is 2. The summed E-state index contributed by atoms with van der Waals surface area (Å²) in [5.41, 5.74) is 1.88. The Labute approximate surface area is 177 Å². The lowest BCUT2D eigenvalue weighted by molar-refractivity contribution is -0.123. The number of amides is 2. The number of benzene rings is 2. The van der Waals surface area contributed by atoms with Crippen molar-refractivity contribution in [1.29, 1.82) is 0 Å². The molecule has 1 aromatic heterocycles. The van der Waals surface area contributed by atoms with Gasteiger partial charge in [-0.15, -0.1) is 0 Å². The Morgan fingerprint density at radius 3 is 2.61 bits per heavy atom. The van der Waals surface area contributed by atoms with E-state index in [1.165, 1.54) is 7.11 Å². The van der Waals surface area contributed by atoms with E-state index in [2.05, 4.69) is 25.9 Å². The fourth-order valence-electron chi connectivity index (χ4n) is 3.40. The number of nitrogens with zero attached hydrogens (tertiary/aromatic N) is 1. The summed E-state index contributed by atoms with van der Waals surface area (Å²) in [6.45, 7) is 1.97. The minimum absolute atomic E-state index is 0.0646. The van der Waals surface area contributed by atoms with E-state index in [4.69, 9.17) is 4.74 Å². The molecule has 0 saturated carbocycles. The molecular formula is C22H21N5O4. The van der Waals surface area contributed by atoms with Crippen LogP contribution >= 0.6 is 0 Å². The minimum atomic E-state index is -0.988. The molecule has 2 amide bonds. The number of methoxy groups -OCH3 is 1. The number of hydrogen-bond donors (Lipinski definition) is 4. The lowest BCUT2D eigenvalue weighted by Crippen LogP contribution is -2.36. The molecule has 0 saturated heterocycles. The number of para-hydroxylation sites is 2. The zero-order valence-corrected chi connectivity index (χ0v) is 17.0. The van der Waals surface area contributed by atoms with Gasteiger partial charge in [0.2, 0.25) is 17.8 Å². The summed E-state index contributed by atoms with van der Waals surface area (Å²) in [6, 6.07) is 14.4. The quantitative estimate of drug-likeness (QED) is 0.504. The number of rotatable bonds is 5. The molecule has 158 valence electrons. The van der Waals surface area contributed by atoms with Gasteiger partial charge in [-0.2, -0.15) is 4.98 Å². The number of carbonyl (C=O) groups is 2. The molecule has 4 rings (SSSR count). The van der Waals surface area contributed by atoms with Gasteiger partial charge in [-0.1, -0.05) is 29.8 Å². The molecule has 0 spiro atoms. The highest BCUT2D eigenvalue weighted by Gasteiger charge is 2.35. The summed E-state index contributed by atoms with van der Waals surface area (Å²) in [5.74, 6) is -1.17. The molecule has 2 heterocycles. The Balaban J connectivity index is 1.64. The summed E-state index contributed by atoms with van der Waals surface area (Å²) >= 11 is 0. The Bertz CT molecular complexity index is 1200. The van der Waals surface area contributed by atoms with Gasteiger partial charge in [-0.05, 0) is 31.2 Å². The Hall–Kier alpha value is -4.14. The van der Waals surface area contributed by atoms with Crippen LogP contribution in [-0.4, -0.2) is 28.9 Å². The van der Waals surface area contributed by atoms with Gasteiger partial charge >= 0.3 is 0 Å². The zero-order chi connectivity index (χ0) is 22.0. The van der Waals surface area contributed by atoms with Crippen LogP contribution < -0.4 is 26.2 Å². The molecule has 0 fully saturated rings. The van der Waals surface area contributed by atoms with Crippen molar-refractivity contribution in [2.75, 3.05) is 23.1 Å². The van der Waals surface area contributed by atoms with Crippen LogP contribution in [0.1, 0.15) is 23.5 Å². The summed E-state index contributed by atoms with van der Waals surface area (Å²) < 4.78 is 5.25. The van der Waals surface area contributed by atoms with Gasteiger partial charge in [0.1, 0.15) is 11.6 Å². The summed E-state index contributed by atoms with van der Waals surface area (Å²) in [4.78, 5) is 45.0. The third-order valence-electron chi connectivity index (χ3n) is 4.95. The van der Waals surface area contributed by atoms with Crippen molar-refractivity contribution in [3.8, 4) is 5.75 Å². The molecule has 31 heavy (non-hydrogen) atoms. The first-order chi connectivity index (χ1) is 14.9. The van der Waals surface area contributed by atoms with Crippen LogP contribution in [0.5, 0.6) is 5.75 Å².